The summed E-state index contributed by atoms with van der Waals surface area (Å²) in [5.41, 5.74) is 1.08. The first kappa shape index (κ1) is 15.3. The predicted octanol–water partition coefficient (Wildman–Crippen LogP) is 3.82. The molecule has 1 aromatic carbocycles. The molecule has 0 radical (unpaired) electrons. The van der Waals surface area contributed by atoms with E-state index in [0.717, 1.165) is 11.5 Å². The second kappa shape index (κ2) is 6.23. The van der Waals surface area contributed by atoms with Gasteiger partial charge >= 0.3 is 0 Å². The van der Waals surface area contributed by atoms with Crippen LogP contribution in [0.1, 0.15) is 6.92 Å². The van der Waals surface area contributed by atoms with Crippen LogP contribution in [0.25, 0.3) is 11.0 Å². The summed E-state index contributed by atoms with van der Waals surface area (Å²) in [6, 6.07) is 2.90. The first-order valence-electron chi connectivity index (χ1n) is 6.32. The van der Waals surface area contributed by atoms with Crippen LogP contribution in [0.4, 0.5) is 16.4 Å². The van der Waals surface area contributed by atoms with Gasteiger partial charge < -0.3 is 10.4 Å². The second-order valence-electron chi connectivity index (χ2n) is 4.45. The Bertz CT molecular complexity index is 926. The minimum Gasteiger partial charge on any atom is -0.504 e. The number of phenolic OH excluding ortho intramolecular Hbond substituents is 1. The Labute approximate surface area is 139 Å². The van der Waals surface area contributed by atoms with Crippen molar-refractivity contribution in [3.8, 4) is 5.75 Å². The maximum Gasteiger partial charge on any atom is 0.221 e. The molecule has 2 N–H and O–H groups in total. The number of azo groups is 1. The summed E-state index contributed by atoms with van der Waals surface area (Å²) in [6.45, 7) is 1.32. The van der Waals surface area contributed by atoms with E-state index in [2.05, 4.69) is 29.9 Å². The number of nitrogens with one attached hydrogen (secondary N) is 1. The van der Waals surface area contributed by atoms with E-state index in [-0.39, 0.29) is 22.4 Å². The van der Waals surface area contributed by atoms with Gasteiger partial charge in [0.15, 0.2) is 16.4 Å². The fourth-order valence-corrected chi connectivity index (χ4v) is 2.64. The van der Waals surface area contributed by atoms with Gasteiger partial charge in [-0.1, -0.05) is 11.6 Å². The van der Waals surface area contributed by atoms with E-state index in [4.69, 9.17) is 11.6 Å². The number of aromatic hydroxyl groups is 1. The van der Waals surface area contributed by atoms with Crippen molar-refractivity contribution >= 4 is 56.4 Å². The van der Waals surface area contributed by atoms with E-state index < -0.39 is 0 Å². The topological polar surface area (TPSA) is 113 Å². The number of hydrogen-bond acceptors (Lipinski definition) is 8. The number of carbonyl (C=O) groups excluding carboxylic acids is 1. The van der Waals surface area contributed by atoms with Gasteiger partial charge in [-0.05, 0) is 23.7 Å². The SMILES string of the molecule is CC(=O)Nc1cc(/N=N/c2snc3ncncc23)cc(Cl)c1O. The van der Waals surface area contributed by atoms with E-state index in [1.54, 1.807) is 6.20 Å². The molecular formula is C13H9ClN6O2S. The van der Waals surface area contributed by atoms with Crippen molar-refractivity contribution in [2.24, 2.45) is 10.2 Å². The zero-order valence-electron chi connectivity index (χ0n) is 11.7. The molecule has 3 rings (SSSR count). The average Bonchev–Trinajstić information content (AvgIpc) is 2.93. The lowest BCUT2D eigenvalue weighted by atomic mass is 10.2. The van der Waals surface area contributed by atoms with Crippen LogP contribution in [-0.2, 0) is 4.79 Å². The molecule has 0 aliphatic rings. The van der Waals surface area contributed by atoms with Crippen LogP contribution >= 0.6 is 23.1 Å². The number of amides is 1. The zero-order chi connectivity index (χ0) is 16.4. The molecule has 3 aromatic rings. The molecule has 0 spiro atoms. The quantitative estimate of drug-likeness (QED) is 0.551. The van der Waals surface area contributed by atoms with Crippen LogP contribution in [0.3, 0.4) is 0 Å². The van der Waals surface area contributed by atoms with Crippen molar-refractivity contribution in [3.63, 3.8) is 0 Å². The van der Waals surface area contributed by atoms with Gasteiger partial charge in [0.05, 0.1) is 21.8 Å². The van der Waals surface area contributed by atoms with Crippen LogP contribution in [-0.4, -0.2) is 25.4 Å². The lowest BCUT2D eigenvalue weighted by molar-refractivity contribution is -0.114. The van der Waals surface area contributed by atoms with E-state index in [9.17, 15) is 9.90 Å². The van der Waals surface area contributed by atoms with Crippen molar-refractivity contribution in [2.45, 2.75) is 6.92 Å². The molecule has 0 unspecified atom stereocenters. The largest absolute Gasteiger partial charge is 0.504 e. The first-order valence-corrected chi connectivity index (χ1v) is 7.47. The van der Waals surface area contributed by atoms with Crippen molar-refractivity contribution in [2.75, 3.05) is 5.32 Å². The maximum absolute atomic E-state index is 11.1. The number of aromatic nitrogens is 3. The summed E-state index contributed by atoms with van der Waals surface area (Å²) < 4.78 is 4.13. The second-order valence-corrected chi connectivity index (χ2v) is 5.61. The Morgan fingerprint density at radius 3 is 3.00 bits per heavy atom. The number of hydrogen-bond donors (Lipinski definition) is 2. The summed E-state index contributed by atoms with van der Waals surface area (Å²) in [7, 11) is 0. The third-order valence-electron chi connectivity index (χ3n) is 2.76. The van der Waals surface area contributed by atoms with Gasteiger partial charge in [-0.2, -0.15) is 4.37 Å². The van der Waals surface area contributed by atoms with Crippen LogP contribution in [0.15, 0.2) is 34.9 Å². The number of phenols is 1. The highest BCUT2D eigenvalue weighted by Crippen LogP contribution is 2.37. The first-order chi connectivity index (χ1) is 11.0. The Balaban J connectivity index is 1.96. The Morgan fingerprint density at radius 2 is 2.22 bits per heavy atom. The molecule has 23 heavy (non-hydrogen) atoms. The van der Waals surface area contributed by atoms with Gasteiger partial charge in [-0.3, -0.25) is 4.79 Å². The molecule has 0 bridgehead atoms. The lowest BCUT2D eigenvalue weighted by Gasteiger charge is -2.07. The minimum absolute atomic E-state index is 0.0581. The maximum atomic E-state index is 11.1. The van der Waals surface area contributed by atoms with Gasteiger partial charge in [-0.25, -0.2) is 9.97 Å². The molecule has 0 aliphatic heterocycles. The molecule has 2 heterocycles. The number of rotatable bonds is 3. The third kappa shape index (κ3) is 3.25. The summed E-state index contributed by atoms with van der Waals surface area (Å²) >= 11 is 7.06. The number of halogens is 1. The standard InChI is InChI=1S/C13H9ClN6O2S/c1-6(21)17-10-3-7(2-9(14)11(10)22)18-19-13-8-4-15-5-16-12(8)20-23-13/h2-5,22H,1H3,(H,17,21)/b19-18+. The highest BCUT2D eigenvalue weighted by molar-refractivity contribution is 7.11. The molecule has 0 aliphatic carbocycles. The van der Waals surface area contributed by atoms with Crippen molar-refractivity contribution < 1.29 is 9.90 Å². The number of nitrogens with zero attached hydrogens (tertiary/aromatic N) is 5. The minimum atomic E-state index is -0.337. The summed E-state index contributed by atoms with van der Waals surface area (Å²) in [6.07, 6.45) is 3.01. The Hall–Kier alpha value is -2.65. The molecule has 0 saturated heterocycles. The lowest BCUT2D eigenvalue weighted by Crippen LogP contribution is -2.05. The zero-order valence-corrected chi connectivity index (χ0v) is 13.3. The van der Waals surface area contributed by atoms with Crippen LogP contribution in [0.2, 0.25) is 5.02 Å². The Kier molecular flexibility index (Phi) is 4.13. The summed E-state index contributed by atoms with van der Waals surface area (Å²) in [4.78, 5) is 19.1. The van der Waals surface area contributed by atoms with Crippen LogP contribution in [0.5, 0.6) is 5.75 Å². The monoisotopic (exact) mass is 348 g/mol. The molecule has 8 nitrogen and oxygen atoms in total. The molecule has 0 saturated carbocycles. The van der Waals surface area contributed by atoms with E-state index in [1.807, 2.05) is 0 Å². The molecule has 0 atom stereocenters. The number of anilines is 1. The predicted molar refractivity (Wildman–Crippen MR) is 86.8 cm³/mol. The van der Waals surface area contributed by atoms with E-state index in [0.29, 0.717) is 21.7 Å². The van der Waals surface area contributed by atoms with Crippen molar-refractivity contribution in [3.05, 3.63) is 29.7 Å². The van der Waals surface area contributed by atoms with Gasteiger partial charge in [0.1, 0.15) is 6.33 Å². The molecule has 0 fully saturated rings. The molecular weight excluding hydrogens is 340 g/mol. The van der Waals surface area contributed by atoms with Crippen LogP contribution < -0.4 is 5.32 Å². The Morgan fingerprint density at radius 1 is 1.39 bits per heavy atom. The third-order valence-corrected chi connectivity index (χ3v) is 3.78. The molecule has 2 aromatic heterocycles. The smallest absolute Gasteiger partial charge is 0.221 e. The van der Waals surface area contributed by atoms with E-state index in [1.165, 1.54) is 25.4 Å². The molecule has 1 amide bonds. The normalized spacial score (nSPS) is 11.2. The molecule has 10 heteroatoms. The number of fused-ring (bicyclic) bond motifs is 1. The van der Waals surface area contributed by atoms with Crippen LogP contribution in [0, 0.1) is 0 Å². The fourth-order valence-electron chi connectivity index (χ4n) is 1.79. The van der Waals surface area contributed by atoms with Gasteiger partial charge in [0, 0.05) is 13.1 Å². The van der Waals surface area contributed by atoms with Gasteiger partial charge in [-0.15, -0.1) is 10.2 Å². The molecule has 116 valence electrons. The number of carbonyl (C=O) groups is 1. The summed E-state index contributed by atoms with van der Waals surface area (Å²) in [5.74, 6) is -0.562. The van der Waals surface area contributed by atoms with Crippen molar-refractivity contribution in [1.82, 2.24) is 14.3 Å². The van der Waals surface area contributed by atoms with Crippen molar-refractivity contribution in [1.29, 1.82) is 0 Å². The highest BCUT2D eigenvalue weighted by atomic mass is 35.5. The van der Waals surface area contributed by atoms with Gasteiger partial charge in [0.2, 0.25) is 5.91 Å². The van der Waals surface area contributed by atoms with Gasteiger partial charge in [0.25, 0.3) is 0 Å². The number of benzene rings is 1. The summed E-state index contributed by atoms with van der Waals surface area (Å²) in [5, 5.41) is 21.8. The average molecular weight is 349 g/mol. The fraction of sp³-hybridized carbons (Fsp3) is 0.0769. The highest BCUT2D eigenvalue weighted by Gasteiger charge is 2.10. The van der Waals surface area contributed by atoms with E-state index >= 15 is 0 Å².